The van der Waals surface area contributed by atoms with Gasteiger partial charge in [0.15, 0.2) is 0 Å². The normalized spacial score (nSPS) is 19.4. The van der Waals surface area contributed by atoms with Crippen molar-refractivity contribution >= 4 is 11.6 Å². The molecule has 0 aromatic heterocycles. The highest BCUT2D eigenvalue weighted by Gasteiger charge is 2.21. The number of hydrogen-bond acceptors (Lipinski definition) is 2. The average molecular weight is 296 g/mol. The number of methoxy groups -OCH3 is 1. The summed E-state index contributed by atoms with van der Waals surface area (Å²) in [6, 6.07) is 2.62. The molecule has 0 spiro atoms. The van der Waals surface area contributed by atoms with Gasteiger partial charge in [-0.2, -0.15) is 0 Å². The summed E-state index contributed by atoms with van der Waals surface area (Å²) in [6.07, 6.45) is 4.86. The van der Waals surface area contributed by atoms with Gasteiger partial charge in [0.2, 0.25) is 0 Å². The van der Waals surface area contributed by atoms with Gasteiger partial charge in [0.25, 0.3) is 0 Å². The lowest BCUT2D eigenvalue weighted by Crippen LogP contribution is -2.35. The Hall–Kier alpha value is -0.730. The van der Waals surface area contributed by atoms with Crippen molar-refractivity contribution in [1.29, 1.82) is 0 Å². The summed E-state index contributed by atoms with van der Waals surface area (Å²) >= 11 is 6.43. The quantitative estimate of drug-likeness (QED) is 0.885. The van der Waals surface area contributed by atoms with Gasteiger partial charge < -0.3 is 10.1 Å². The number of rotatable bonds is 4. The molecular weight excluding hydrogens is 270 g/mol. The molecule has 1 fully saturated rings. The summed E-state index contributed by atoms with van der Waals surface area (Å²) in [4.78, 5) is 0. The molecule has 0 amide bonds. The van der Waals surface area contributed by atoms with E-state index in [0.717, 1.165) is 23.7 Å². The highest BCUT2D eigenvalue weighted by molar-refractivity contribution is 6.31. The van der Waals surface area contributed by atoms with E-state index in [1.165, 1.54) is 36.0 Å². The number of piperidine rings is 1. The standard InChI is InChI=1S/C17H26ClNO/c1-11(2)14-10-16(18)12(3)15(17(14)20-4)9-13-7-5-6-8-19-13/h10-11,13,19H,5-9H2,1-4H3. The van der Waals surface area contributed by atoms with E-state index in [-0.39, 0.29) is 0 Å². The van der Waals surface area contributed by atoms with Crippen LogP contribution in [0, 0.1) is 6.92 Å². The Morgan fingerprint density at radius 1 is 1.40 bits per heavy atom. The molecule has 0 bridgehead atoms. The minimum Gasteiger partial charge on any atom is -0.496 e. The van der Waals surface area contributed by atoms with Crippen LogP contribution < -0.4 is 10.1 Å². The molecule has 1 aromatic rings. The zero-order chi connectivity index (χ0) is 14.7. The molecule has 1 N–H and O–H groups in total. The fraction of sp³-hybridized carbons (Fsp3) is 0.647. The monoisotopic (exact) mass is 295 g/mol. The van der Waals surface area contributed by atoms with Gasteiger partial charge in [-0.25, -0.2) is 0 Å². The molecule has 1 heterocycles. The predicted octanol–water partition coefficient (Wildman–Crippen LogP) is 4.47. The summed E-state index contributed by atoms with van der Waals surface area (Å²) in [6.45, 7) is 7.61. The number of ether oxygens (including phenoxy) is 1. The zero-order valence-corrected chi connectivity index (χ0v) is 13.8. The number of benzene rings is 1. The van der Waals surface area contributed by atoms with E-state index in [0.29, 0.717) is 12.0 Å². The van der Waals surface area contributed by atoms with Gasteiger partial charge in [0.1, 0.15) is 5.75 Å². The van der Waals surface area contributed by atoms with Crippen LogP contribution in [0.15, 0.2) is 6.07 Å². The van der Waals surface area contributed by atoms with Crippen molar-refractivity contribution in [3.8, 4) is 5.75 Å². The van der Waals surface area contributed by atoms with Crippen LogP contribution in [0.25, 0.3) is 0 Å². The molecule has 1 aliphatic rings. The molecule has 1 unspecified atom stereocenters. The first kappa shape index (κ1) is 15.7. The van der Waals surface area contributed by atoms with Crippen molar-refractivity contribution in [3.05, 3.63) is 27.8 Å². The molecule has 0 radical (unpaired) electrons. The smallest absolute Gasteiger partial charge is 0.125 e. The van der Waals surface area contributed by atoms with E-state index in [4.69, 9.17) is 16.3 Å². The van der Waals surface area contributed by atoms with E-state index in [1.54, 1.807) is 7.11 Å². The van der Waals surface area contributed by atoms with Crippen molar-refractivity contribution in [1.82, 2.24) is 5.32 Å². The Morgan fingerprint density at radius 2 is 2.15 bits per heavy atom. The first-order valence-corrected chi connectivity index (χ1v) is 8.01. The lowest BCUT2D eigenvalue weighted by molar-refractivity contribution is 0.377. The number of halogens is 1. The van der Waals surface area contributed by atoms with Crippen LogP contribution in [0.5, 0.6) is 5.75 Å². The van der Waals surface area contributed by atoms with Crippen LogP contribution >= 0.6 is 11.6 Å². The minimum atomic E-state index is 0.418. The maximum atomic E-state index is 6.43. The first-order valence-electron chi connectivity index (χ1n) is 7.63. The van der Waals surface area contributed by atoms with E-state index in [2.05, 4.69) is 32.2 Å². The van der Waals surface area contributed by atoms with Crippen LogP contribution in [0.2, 0.25) is 5.02 Å². The second kappa shape index (κ2) is 6.82. The molecule has 2 rings (SSSR count). The predicted molar refractivity (Wildman–Crippen MR) is 86.2 cm³/mol. The summed E-state index contributed by atoms with van der Waals surface area (Å²) in [5.74, 6) is 1.45. The van der Waals surface area contributed by atoms with Gasteiger partial charge in [0, 0.05) is 16.6 Å². The van der Waals surface area contributed by atoms with Crippen LogP contribution in [-0.2, 0) is 6.42 Å². The molecule has 1 aliphatic heterocycles. The van der Waals surface area contributed by atoms with E-state index >= 15 is 0 Å². The highest BCUT2D eigenvalue weighted by Crippen LogP contribution is 2.37. The van der Waals surface area contributed by atoms with Gasteiger partial charge >= 0.3 is 0 Å². The maximum absolute atomic E-state index is 6.43. The maximum Gasteiger partial charge on any atom is 0.125 e. The van der Waals surface area contributed by atoms with E-state index in [1.807, 2.05) is 0 Å². The molecule has 1 saturated heterocycles. The van der Waals surface area contributed by atoms with E-state index in [9.17, 15) is 0 Å². The van der Waals surface area contributed by atoms with E-state index < -0.39 is 0 Å². The van der Waals surface area contributed by atoms with Gasteiger partial charge in [-0.05, 0) is 55.8 Å². The fourth-order valence-electron chi connectivity index (χ4n) is 3.06. The molecule has 2 nitrogen and oxygen atoms in total. The van der Waals surface area contributed by atoms with Gasteiger partial charge in [-0.1, -0.05) is 31.9 Å². The van der Waals surface area contributed by atoms with Crippen molar-refractivity contribution < 1.29 is 4.74 Å². The van der Waals surface area contributed by atoms with Gasteiger partial charge in [-0.15, -0.1) is 0 Å². The fourth-order valence-corrected chi connectivity index (χ4v) is 3.29. The van der Waals surface area contributed by atoms with Crippen molar-refractivity contribution in [3.63, 3.8) is 0 Å². The van der Waals surface area contributed by atoms with Gasteiger partial charge in [-0.3, -0.25) is 0 Å². The number of nitrogens with one attached hydrogen (secondary N) is 1. The Kier molecular flexibility index (Phi) is 5.34. The molecule has 112 valence electrons. The minimum absolute atomic E-state index is 0.418. The number of hydrogen-bond donors (Lipinski definition) is 1. The molecule has 20 heavy (non-hydrogen) atoms. The zero-order valence-electron chi connectivity index (χ0n) is 13.1. The lowest BCUT2D eigenvalue weighted by Gasteiger charge is -2.26. The summed E-state index contributed by atoms with van der Waals surface area (Å²) in [7, 11) is 1.77. The third kappa shape index (κ3) is 3.29. The largest absolute Gasteiger partial charge is 0.496 e. The molecule has 1 atom stereocenters. The summed E-state index contributed by atoms with van der Waals surface area (Å²) in [5, 5.41) is 4.48. The Balaban J connectivity index is 2.38. The second-order valence-corrected chi connectivity index (χ2v) is 6.50. The average Bonchev–Trinajstić information content (AvgIpc) is 2.44. The third-order valence-corrected chi connectivity index (χ3v) is 4.71. The van der Waals surface area contributed by atoms with Gasteiger partial charge in [0.05, 0.1) is 7.11 Å². The third-order valence-electron chi connectivity index (χ3n) is 4.32. The summed E-state index contributed by atoms with van der Waals surface area (Å²) in [5.41, 5.74) is 3.66. The molecule has 0 aliphatic carbocycles. The molecule has 0 saturated carbocycles. The summed E-state index contributed by atoms with van der Waals surface area (Å²) < 4.78 is 5.73. The van der Waals surface area contributed by atoms with Crippen molar-refractivity contribution in [2.24, 2.45) is 0 Å². The lowest BCUT2D eigenvalue weighted by atomic mass is 9.90. The second-order valence-electron chi connectivity index (χ2n) is 6.09. The topological polar surface area (TPSA) is 21.3 Å². The van der Waals surface area contributed by atoms with Crippen LogP contribution in [0.3, 0.4) is 0 Å². The first-order chi connectivity index (χ1) is 9.54. The van der Waals surface area contributed by atoms with Crippen LogP contribution in [-0.4, -0.2) is 19.7 Å². The van der Waals surface area contributed by atoms with Crippen molar-refractivity contribution in [2.75, 3.05) is 13.7 Å². The SMILES string of the molecule is COc1c(C(C)C)cc(Cl)c(C)c1CC1CCCCN1. The molecule has 1 aromatic carbocycles. The molecule has 3 heteroatoms. The Labute approximate surface area is 127 Å². The van der Waals surface area contributed by atoms with Crippen LogP contribution in [0.4, 0.5) is 0 Å². The Bertz CT molecular complexity index is 465. The van der Waals surface area contributed by atoms with Crippen molar-refractivity contribution in [2.45, 2.75) is 58.4 Å². The highest BCUT2D eigenvalue weighted by atomic mass is 35.5. The Morgan fingerprint density at radius 3 is 2.70 bits per heavy atom. The van der Waals surface area contributed by atoms with Crippen LogP contribution in [0.1, 0.15) is 55.7 Å². The molecular formula is C17H26ClNO.